The van der Waals surface area contributed by atoms with Gasteiger partial charge in [0.2, 0.25) is 9.84 Å². The lowest BCUT2D eigenvalue weighted by Gasteiger charge is -2.12. The molecule has 9 heteroatoms. The number of carbonyl (C=O) groups is 2. The minimum atomic E-state index is -4.13. The van der Waals surface area contributed by atoms with Gasteiger partial charge in [-0.15, -0.1) is 11.3 Å². The quantitative estimate of drug-likeness (QED) is 0.681. The van der Waals surface area contributed by atoms with Crippen molar-refractivity contribution in [2.75, 3.05) is 5.32 Å². The topological polar surface area (TPSA) is 106 Å². The number of anilines is 1. The van der Waals surface area contributed by atoms with Crippen molar-refractivity contribution in [3.8, 4) is 0 Å². The van der Waals surface area contributed by atoms with Gasteiger partial charge >= 0.3 is 0 Å². The first kappa shape index (κ1) is 18.7. The Bertz CT molecular complexity index is 1140. The zero-order valence-corrected chi connectivity index (χ0v) is 15.3. The van der Waals surface area contributed by atoms with Crippen molar-refractivity contribution in [3.63, 3.8) is 0 Å². The first-order valence-electron chi connectivity index (χ1n) is 7.59. The second-order valence-electron chi connectivity index (χ2n) is 5.42. The highest BCUT2D eigenvalue weighted by molar-refractivity contribution is 7.93. The maximum absolute atomic E-state index is 13.8. The Morgan fingerprint density at radius 3 is 2.33 bits per heavy atom. The van der Waals surface area contributed by atoms with Crippen LogP contribution in [0.2, 0.25) is 0 Å². The summed E-state index contributed by atoms with van der Waals surface area (Å²) in [5.41, 5.74) is 4.85. The van der Waals surface area contributed by atoms with E-state index in [0.29, 0.717) is 0 Å². The van der Waals surface area contributed by atoms with Gasteiger partial charge in [0.1, 0.15) is 10.0 Å². The predicted molar refractivity (Wildman–Crippen MR) is 99.1 cm³/mol. The van der Waals surface area contributed by atoms with Crippen LogP contribution in [0.1, 0.15) is 20.7 Å². The molecular formula is C18H13FN2O4S2. The van der Waals surface area contributed by atoms with Gasteiger partial charge in [-0.1, -0.05) is 24.3 Å². The van der Waals surface area contributed by atoms with E-state index in [1.54, 1.807) is 0 Å². The van der Waals surface area contributed by atoms with Gasteiger partial charge in [-0.3, -0.25) is 9.59 Å². The zero-order chi connectivity index (χ0) is 19.6. The number of rotatable bonds is 5. The lowest BCUT2D eigenvalue weighted by molar-refractivity contribution is 0.0995. The minimum absolute atomic E-state index is 0.0328. The molecule has 0 saturated carbocycles. The maximum atomic E-state index is 13.8. The van der Waals surface area contributed by atoms with Gasteiger partial charge in [-0.2, -0.15) is 0 Å². The summed E-state index contributed by atoms with van der Waals surface area (Å²) in [5.74, 6) is -2.40. The molecule has 2 amide bonds. The molecule has 0 aliphatic carbocycles. The molecule has 3 aromatic rings. The fraction of sp³-hybridized carbons (Fsp3) is 0. The number of halogens is 1. The van der Waals surface area contributed by atoms with E-state index in [1.165, 1.54) is 53.9 Å². The molecule has 0 aliphatic rings. The van der Waals surface area contributed by atoms with Crippen LogP contribution in [-0.4, -0.2) is 20.2 Å². The van der Waals surface area contributed by atoms with E-state index in [1.807, 2.05) is 0 Å². The Morgan fingerprint density at radius 1 is 0.963 bits per heavy atom. The first-order valence-corrected chi connectivity index (χ1v) is 9.96. The number of nitrogens with one attached hydrogen (secondary N) is 1. The van der Waals surface area contributed by atoms with Gasteiger partial charge < -0.3 is 11.1 Å². The van der Waals surface area contributed by atoms with Gasteiger partial charge in [0.05, 0.1) is 21.7 Å². The van der Waals surface area contributed by atoms with Gasteiger partial charge in [-0.05, 0) is 35.7 Å². The van der Waals surface area contributed by atoms with Crippen LogP contribution >= 0.6 is 11.3 Å². The van der Waals surface area contributed by atoms with Crippen molar-refractivity contribution in [2.24, 2.45) is 5.73 Å². The largest absolute Gasteiger partial charge is 0.366 e. The Morgan fingerprint density at radius 2 is 1.63 bits per heavy atom. The van der Waals surface area contributed by atoms with Crippen molar-refractivity contribution in [3.05, 3.63) is 76.9 Å². The van der Waals surface area contributed by atoms with Crippen molar-refractivity contribution in [1.29, 1.82) is 0 Å². The van der Waals surface area contributed by atoms with Gasteiger partial charge in [0.25, 0.3) is 11.8 Å². The van der Waals surface area contributed by atoms with E-state index in [9.17, 15) is 22.4 Å². The monoisotopic (exact) mass is 404 g/mol. The summed E-state index contributed by atoms with van der Waals surface area (Å²) in [6, 6.07) is 12.3. The summed E-state index contributed by atoms with van der Waals surface area (Å²) in [4.78, 5) is 23.6. The number of sulfone groups is 1. The average molecular weight is 404 g/mol. The molecule has 0 radical (unpaired) electrons. The normalized spacial score (nSPS) is 11.1. The summed E-state index contributed by atoms with van der Waals surface area (Å²) in [6.07, 6.45) is 0. The third-order valence-electron chi connectivity index (χ3n) is 3.68. The number of hydrogen-bond donors (Lipinski definition) is 2. The first-order chi connectivity index (χ1) is 12.8. The summed E-state index contributed by atoms with van der Waals surface area (Å²) in [5, 5.41) is 3.85. The smallest absolute Gasteiger partial charge is 0.258 e. The number of benzene rings is 2. The third-order valence-corrected chi connectivity index (χ3v) is 6.98. The molecule has 0 spiro atoms. The number of para-hydroxylation sites is 1. The van der Waals surface area contributed by atoms with Crippen molar-refractivity contribution < 1.29 is 22.4 Å². The molecule has 1 aromatic heterocycles. The predicted octanol–water partition coefficient (Wildman–Crippen LogP) is 3.07. The van der Waals surface area contributed by atoms with Crippen LogP contribution in [0.15, 0.2) is 69.1 Å². The Labute approximate surface area is 158 Å². The second kappa shape index (κ2) is 7.29. The van der Waals surface area contributed by atoms with Crippen molar-refractivity contribution in [2.45, 2.75) is 9.10 Å². The second-order valence-corrected chi connectivity index (χ2v) is 8.45. The molecule has 0 saturated heterocycles. The molecular weight excluding hydrogens is 391 g/mol. The van der Waals surface area contributed by atoms with Gasteiger partial charge in [0.15, 0.2) is 0 Å². The van der Waals surface area contributed by atoms with Crippen LogP contribution in [-0.2, 0) is 9.84 Å². The maximum Gasteiger partial charge on any atom is 0.258 e. The Kier molecular flexibility index (Phi) is 5.06. The van der Waals surface area contributed by atoms with Crippen LogP contribution < -0.4 is 11.1 Å². The van der Waals surface area contributed by atoms with Crippen LogP contribution in [0.25, 0.3) is 0 Å². The Hall–Kier alpha value is -3.04. The highest BCUT2D eigenvalue weighted by Gasteiger charge is 2.28. The van der Waals surface area contributed by atoms with Crippen molar-refractivity contribution in [1.82, 2.24) is 0 Å². The average Bonchev–Trinajstić information content (AvgIpc) is 3.13. The van der Waals surface area contributed by atoms with Crippen LogP contribution in [0.4, 0.5) is 10.1 Å². The number of amides is 2. The van der Waals surface area contributed by atoms with Gasteiger partial charge in [-0.25, -0.2) is 12.8 Å². The van der Waals surface area contributed by atoms with Crippen LogP contribution in [0.5, 0.6) is 0 Å². The van der Waals surface area contributed by atoms with Gasteiger partial charge in [0, 0.05) is 0 Å². The van der Waals surface area contributed by atoms with E-state index in [-0.39, 0.29) is 25.9 Å². The van der Waals surface area contributed by atoms with E-state index < -0.39 is 27.5 Å². The highest BCUT2D eigenvalue weighted by Crippen LogP contribution is 2.33. The number of carbonyl (C=O) groups excluding carboxylic acids is 2. The molecule has 138 valence electrons. The van der Waals surface area contributed by atoms with Crippen LogP contribution in [0.3, 0.4) is 0 Å². The van der Waals surface area contributed by atoms with Crippen molar-refractivity contribution >= 4 is 38.7 Å². The number of nitrogens with two attached hydrogens (primary N) is 1. The fourth-order valence-corrected chi connectivity index (χ4v) is 5.32. The molecule has 0 unspecified atom stereocenters. The van der Waals surface area contributed by atoms with E-state index >= 15 is 0 Å². The number of primary amides is 1. The molecule has 3 rings (SSSR count). The SMILES string of the molecule is NC(=O)c1ccsc1S(=O)(=O)c1ccccc1NC(=O)c1ccccc1F. The van der Waals surface area contributed by atoms with E-state index in [2.05, 4.69) is 5.32 Å². The molecule has 6 nitrogen and oxygen atoms in total. The van der Waals surface area contributed by atoms with E-state index in [0.717, 1.165) is 17.4 Å². The lowest BCUT2D eigenvalue weighted by Crippen LogP contribution is -2.17. The zero-order valence-electron chi connectivity index (χ0n) is 13.7. The lowest BCUT2D eigenvalue weighted by atomic mass is 10.2. The third kappa shape index (κ3) is 3.60. The van der Waals surface area contributed by atoms with E-state index in [4.69, 9.17) is 5.73 Å². The summed E-state index contributed by atoms with van der Waals surface area (Å²) in [7, 11) is -4.13. The molecule has 1 heterocycles. The Balaban J connectivity index is 2.04. The molecule has 0 aliphatic heterocycles. The summed E-state index contributed by atoms with van der Waals surface area (Å²) < 4.78 is 39.6. The number of hydrogen-bond acceptors (Lipinski definition) is 5. The molecule has 0 fully saturated rings. The molecule has 0 atom stereocenters. The molecule has 3 N–H and O–H groups in total. The number of thiophene rings is 1. The van der Waals surface area contributed by atoms with Crippen LogP contribution in [0, 0.1) is 5.82 Å². The molecule has 27 heavy (non-hydrogen) atoms. The summed E-state index contributed by atoms with van der Waals surface area (Å²) >= 11 is 0.845. The molecule has 2 aromatic carbocycles. The minimum Gasteiger partial charge on any atom is -0.366 e. The summed E-state index contributed by atoms with van der Waals surface area (Å²) in [6.45, 7) is 0. The fourth-order valence-electron chi connectivity index (χ4n) is 2.43. The standard InChI is InChI=1S/C18H13FN2O4S2/c19-13-6-2-1-5-11(13)17(23)21-14-7-3-4-8-15(14)27(24,25)18-12(16(20)22)9-10-26-18/h1-10H,(H2,20,22)(H,21,23). The highest BCUT2D eigenvalue weighted by atomic mass is 32.2. The molecule has 0 bridgehead atoms.